The van der Waals surface area contributed by atoms with Crippen LogP contribution in [0.25, 0.3) is 0 Å². The third-order valence-electron chi connectivity index (χ3n) is 5.09. The van der Waals surface area contributed by atoms with E-state index in [1.54, 1.807) is 25.1 Å². The van der Waals surface area contributed by atoms with Crippen LogP contribution in [0.1, 0.15) is 28.3 Å². The number of nitrogens with one attached hydrogen (secondary N) is 1. The second-order valence-corrected chi connectivity index (χ2v) is 7.88. The summed E-state index contributed by atoms with van der Waals surface area (Å²) in [6.45, 7) is 4.96. The number of aryl methyl sites for hydroxylation is 2. The topological polar surface area (TPSA) is 61.8 Å². The van der Waals surface area contributed by atoms with Crippen LogP contribution in [0.5, 0.6) is 0 Å². The highest BCUT2D eigenvalue weighted by atomic mass is 35.5. The van der Waals surface area contributed by atoms with Crippen molar-refractivity contribution in [3.8, 4) is 0 Å². The van der Waals surface area contributed by atoms with Crippen LogP contribution in [0.4, 0.5) is 23.7 Å². The van der Waals surface area contributed by atoms with E-state index in [2.05, 4.69) is 5.32 Å². The van der Waals surface area contributed by atoms with Crippen LogP contribution in [-0.2, 0) is 11.3 Å². The summed E-state index contributed by atoms with van der Waals surface area (Å²) in [5.41, 5.74) is 2.81. The summed E-state index contributed by atoms with van der Waals surface area (Å²) in [5, 5.41) is 11.7. The highest BCUT2D eigenvalue weighted by molar-refractivity contribution is 6.31. The lowest BCUT2D eigenvalue weighted by molar-refractivity contribution is -0.144. The number of hydrogen-bond acceptors (Lipinski definition) is 4. The molecule has 3 rings (SSSR count). The average molecular weight is 443 g/mol. The Bertz CT molecular complexity index is 930. The molecule has 0 unspecified atom stereocenters. The Hall–Kier alpha value is -2.45. The van der Waals surface area contributed by atoms with Gasteiger partial charge in [-0.05, 0) is 54.3 Å². The van der Waals surface area contributed by atoms with Gasteiger partial charge in [0.15, 0.2) is 0 Å². The summed E-state index contributed by atoms with van der Waals surface area (Å²) in [6, 6.07) is 7.48. The first-order chi connectivity index (χ1) is 14.0. The molecule has 1 aliphatic rings. The van der Waals surface area contributed by atoms with Crippen LogP contribution >= 0.6 is 11.6 Å². The first-order valence-electron chi connectivity index (χ1n) is 9.33. The van der Waals surface area contributed by atoms with Gasteiger partial charge in [0.2, 0.25) is 0 Å². The fraction of sp³-hybridized carbons (Fsp3) is 0.381. The molecule has 0 saturated carbocycles. The number of ether oxygens (including phenoxy) is 1. The number of alkyl halides is 3. The molecule has 0 amide bonds. The predicted octanol–water partition coefficient (Wildman–Crippen LogP) is 5.55. The lowest BCUT2D eigenvalue weighted by atomic mass is 10.0. The summed E-state index contributed by atoms with van der Waals surface area (Å²) in [6.07, 6.45) is -6.17. The van der Waals surface area contributed by atoms with Gasteiger partial charge in [-0.3, -0.25) is 4.90 Å². The van der Waals surface area contributed by atoms with E-state index < -0.39 is 18.4 Å². The van der Waals surface area contributed by atoms with Gasteiger partial charge in [-0.25, -0.2) is 4.79 Å². The van der Waals surface area contributed by atoms with Gasteiger partial charge in [-0.15, -0.1) is 0 Å². The van der Waals surface area contributed by atoms with Gasteiger partial charge in [0.1, 0.15) is 12.1 Å². The molecule has 0 aromatic heterocycles. The van der Waals surface area contributed by atoms with Crippen molar-refractivity contribution in [3.05, 3.63) is 63.7 Å². The van der Waals surface area contributed by atoms with Crippen molar-refractivity contribution >= 4 is 23.4 Å². The number of nitrogens with zero attached hydrogens (tertiary/aromatic N) is 1. The summed E-state index contributed by atoms with van der Waals surface area (Å²) >= 11 is 5.96. The number of rotatable bonds is 6. The Balaban J connectivity index is 1.75. The zero-order chi connectivity index (χ0) is 22.1. The molecule has 1 aliphatic heterocycles. The fourth-order valence-electron chi connectivity index (χ4n) is 3.41. The van der Waals surface area contributed by atoms with Crippen LogP contribution < -0.4 is 5.32 Å². The van der Waals surface area contributed by atoms with E-state index in [9.17, 15) is 18.0 Å². The van der Waals surface area contributed by atoms with E-state index in [0.717, 1.165) is 11.1 Å². The highest BCUT2D eigenvalue weighted by Crippen LogP contribution is 2.37. The van der Waals surface area contributed by atoms with Crippen molar-refractivity contribution in [2.75, 3.05) is 18.4 Å². The first-order valence-corrected chi connectivity index (χ1v) is 9.71. The zero-order valence-electron chi connectivity index (χ0n) is 16.5. The Labute approximate surface area is 177 Å². The van der Waals surface area contributed by atoms with Gasteiger partial charge in [0, 0.05) is 30.3 Å². The minimum atomic E-state index is -4.50. The molecule has 1 heterocycles. The molecule has 2 aromatic rings. The second kappa shape index (κ2) is 8.73. The highest BCUT2D eigenvalue weighted by Gasteiger charge is 2.41. The van der Waals surface area contributed by atoms with E-state index in [4.69, 9.17) is 21.4 Å². The van der Waals surface area contributed by atoms with Crippen molar-refractivity contribution in [1.82, 2.24) is 4.90 Å². The normalized spacial score (nSPS) is 16.1. The van der Waals surface area contributed by atoms with E-state index in [0.29, 0.717) is 35.9 Å². The molecule has 0 spiro atoms. The molecule has 9 heteroatoms. The number of hydrogen-bond donors (Lipinski definition) is 2. The molecular weight excluding hydrogens is 421 g/mol. The molecule has 1 atom stereocenters. The maximum Gasteiger partial charge on any atom is 0.506 e. The van der Waals surface area contributed by atoms with Gasteiger partial charge in [-0.2, -0.15) is 13.2 Å². The fourth-order valence-corrected chi connectivity index (χ4v) is 3.53. The Morgan fingerprint density at radius 2 is 1.93 bits per heavy atom. The maximum atomic E-state index is 13.8. The Morgan fingerprint density at radius 1 is 1.23 bits per heavy atom. The van der Waals surface area contributed by atoms with Crippen molar-refractivity contribution in [2.24, 2.45) is 0 Å². The quantitative estimate of drug-likeness (QED) is 0.574. The number of carbonyl (C=O) groups is 1. The third-order valence-corrected chi connectivity index (χ3v) is 5.51. The monoisotopic (exact) mass is 442 g/mol. The predicted molar refractivity (Wildman–Crippen MR) is 108 cm³/mol. The lowest BCUT2D eigenvalue weighted by Gasteiger charge is -2.38. The summed E-state index contributed by atoms with van der Waals surface area (Å²) in [4.78, 5) is 12.5. The average Bonchev–Trinajstić information content (AvgIpc) is 2.61. The van der Waals surface area contributed by atoms with Crippen molar-refractivity contribution in [2.45, 2.75) is 38.7 Å². The number of likely N-dealkylation sites (tertiary alicyclic amines) is 1. The van der Waals surface area contributed by atoms with Crippen molar-refractivity contribution in [3.63, 3.8) is 0 Å². The van der Waals surface area contributed by atoms with Crippen LogP contribution in [0.15, 0.2) is 36.4 Å². The summed E-state index contributed by atoms with van der Waals surface area (Å²) < 4.78 is 46.0. The summed E-state index contributed by atoms with van der Waals surface area (Å²) in [5.74, 6) is 0. The van der Waals surface area contributed by atoms with Gasteiger partial charge >= 0.3 is 12.3 Å². The maximum absolute atomic E-state index is 13.8. The molecule has 2 N–H and O–H groups in total. The number of benzene rings is 2. The second-order valence-electron chi connectivity index (χ2n) is 7.47. The van der Waals surface area contributed by atoms with Gasteiger partial charge in [-0.1, -0.05) is 29.8 Å². The Kier molecular flexibility index (Phi) is 6.47. The molecule has 5 nitrogen and oxygen atoms in total. The third kappa shape index (κ3) is 5.37. The van der Waals surface area contributed by atoms with Gasteiger partial charge in [0.05, 0.1) is 0 Å². The SMILES string of the molecule is Cc1cc([C@H](Nc2ccc(C)c(CN3CC(OC(=O)O)C3)c2)C(F)(F)F)ccc1Cl. The van der Waals surface area contributed by atoms with Gasteiger partial charge < -0.3 is 15.2 Å². The number of carboxylic acid groups (broad SMARTS) is 1. The van der Waals surface area contributed by atoms with Crippen LogP contribution in [-0.4, -0.2) is 41.5 Å². The van der Waals surface area contributed by atoms with E-state index in [1.807, 2.05) is 11.8 Å². The molecule has 30 heavy (non-hydrogen) atoms. The zero-order valence-corrected chi connectivity index (χ0v) is 17.2. The molecule has 1 saturated heterocycles. The minimum absolute atomic E-state index is 0.0860. The van der Waals surface area contributed by atoms with Crippen LogP contribution in [0.2, 0.25) is 5.02 Å². The van der Waals surface area contributed by atoms with E-state index in [1.165, 1.54) is 18.2 Å². The van der Waals surface area contributed by atoms with E-state index >= 15 is 0 Å². The Morgan fingerprint density at radius 3 is 2.53 bits per heavy atom. The lowest BCUT2D eigenvalue weighted by Crippen LogP contribution is -2.52. The molecule has 162 valence electrons. The van der Waals surface area contributed by atoms with Gasteiger partial charge in [0.25, 0.3) is 0 Å². The molecule has 0 radical (unpaired) electrons. The molecular formula is C21H22ClF3N2O3. The largest absolute Gasteiger partial charge is 0.506 e. The van der Waals surface area contributed by atoms with Crippen LogP contribution in [0.3, 0.4) is 0 Å². The van der Waals surface area contributed by atoms with Crippen molar-refractivity contribution < 1.29 is 27.8 Å². The van der Waals surface area contributed by atoms with E-state index in [-0.39, 0.29) is 11.7 Å². The summed E-state index contributed by atoms with van der Waals surface area (Å²) in [7, 11) is 0. The minimum Gasteiger partial charge on any atom is -0.450 e. The molecule has 2 aromatic carbocycles. The molecule has 0 bridgehead atoms. The van der Waals surface area contributed by atoms with Crippen LogP contribution in [0, 0.1) is 13.8 Å². The first kappa shape index (κ1) is 22.2. The molecule has 0 aliphatic carbocycles. The smallest absolute Gasteiger partial charge is 0.450 e. The number of anilines is 1. The van der Waals surface area contributed by atoms with Crippen molar-refractivity contribution in [1.29, 1.82) is 0 Å². The molecule has 1 fully saturated rings. The standard InChI is InChI=1S/C21H22ClF3N2O3/c1-12-3-5-16(8-15(12)9-27-10-17(11-27)30-20(28)29)26-19(21(23,24)25)14-4-6-18(22)13(2)7-14/h3-8,17,19,26H,9-11H2,1-2H3,(H,28,29)/t19-/m0/s1. The number of halogens is 4.